The van der Waals surface area contributed by atoms with Crippen LogP contribution in [0.2, 0.25) is 0 Å². The summed E-state index contributed by atoms with van der Waals surface area (Å²) in [4.78, 5) is 0. The Morgan fingerprint density at radius 3 is 2.59 bits per heavy atom. The molecule has 3 N–H and O–H groups in total. The van der Waals surface area contributed by atoms with Gasteiger partial charge in [0.25, 0.3) is 0 Å². The molecule has 0 amide bonds. The van der Waals surface area contributed by atoms with E-state index in [1.165, 1.54) is 6.07 Å². The fourth-order valence-electron chi connectivity index (χ4n) is 2.35. The highest BCUT2D eigenvalue weighted by Gasteiger charge is 2.21. The van der Waals surface area contributed by atoms with Gasteiger partial charge < -0.3 is 11.1 Å². The third kappa shape index (κ3) is 3.41. The number of hydrogen-bond donors (Lipinski definition) is 2. The second-order valence-corrected chi connectivity index (χ2v) is 4.62. The minimum atomic E-state index is -0.152. The number of rotatable bonds is 2. The summed E-state index contributed by atoms with van der Waals surface area (Å²) in [5.41, 5.74) is 7.98. The van der Waals surface area contributed by atoms with E-state index in [4.69, 9.17) is 5.73 Å². The topological polar surface area (TPSA) is 38.0 Å². The van der Waals surface area contributed by atoms with Gasteiger partial charge in [0.15, 0.2) is 0 Å². The Hall–Kier alpha value is -0.640. The lowest BCUT2D eigenvalue weighted by molar-refractivity contribution is 0.322. The fourth-order valence-corrected chi connectivity index (χ4v) is 2.35. The molecule has 0 unspecified atom stereocenters. The summed E-state index contributed by atoms with van der Waals surface area (Å²) in [6.07, 6.45) is 2.22. The lowest BCUT2D eigenvalue weighted by Crippen LogP contribution is -2.33. The zero-order valence-corrected chi connectivity index (χ0v) is 10.9. The quantitative estimate of drug-likeness (QED) is 0.856. The van der Waals surface area contributed by atoms with Crippen LogP contribution in [0.5, 0.6) is 0 Å². The lowest BCUT2D eigenvalue weighted by Gasteiger charge is -2.28. The maximum absolute atomic E-state index is 13.2. The molecule has 96 valence electrons. The fraction of sp³-hybridized carbons (Fsp3) is 0.538. The molecule has 1 aromatic carbocycles. The summed E-state index contributed by atoms with van der Waals surface area (Å²) in [6, 6.07) is 5.25. The van der Waals surface area contributed by atoms with Gasteiger partial charge in [-0.15, -0.1) is 12.4 Å². The van der Waals surface area contributed by atoms with Gasteiger partial charge in [-0.1, -0.05) is 12.1 Å². The van der Waals surface area contributed by atoms with Crippen molar-refractivity contribution in [3.8, 4) is 0 Å². The van der Waals surface area contributed by atoms with Crippen LogP contribution in [-0.2, 0) is 0 Å². The predicted octanol–water partition coefficient (Wildman–Crippen LogP) is 2.56. The molecule has 0 saturated carbocycles. The van der Waals surface area contributed by atoms with Crippen molar-refractivity contribution in [3.05, 3.63) is 35.1 Å². The molecule has 1 saturated heterocycles. The minimum Gasteiger partial charge on any atom is -0.324 e. The van der Waals surface area contributed by atoms with Gasteiger partial charge in [-0.2, -0.15) is 0 Å². The first-order valence-corrected chi connectivity index (χ1v) is 5.91. The van der Waals surface area contributed by atoms with Gasteiger partial charge in [0.05, 0.1) is 0 Å². The molecule has 0 aliphatic carbocycles. The van der Waals surface area contributed by atoms with Gasteiger partial charge in [0.1, 0.15) is 5.82 Å². The molecule has 1 aliphatic rings. The number of halogens is 2. The van der Waals surface area contributed by atoms with Crippen LogP contribution in [0.15, 0.2) is 18.2 Å². The maximum atomic E-state index is 13.2. The Labute approximate surface area is 108 Å². The first-order chi connectivity index (χ1) is 7.68. The lowest BCUT2D eigenvalue weighted by atomic mass is 9.86. The van der Waals surface area contributed by atoms with E-state index in [1.807, 2.05) is 12.1 Å². The van der Waals surface area contributed by atoms with Crippen LogP contribution in [0.25, 0.3) is 0 Å². The molecule has 1 heterocycles. The van der Waals surface area contributed by atoms with E-state index in [9.17, 15) is 4.39 Å². The Bertz CT molecular complexity index is 364. The number of benzene rings is 1. The van der Waals surface area contributed by atoms with Crippen molar-refractivity contribution in [2.24, 2.45) is 11.7 Å². The molecular weight excluding hydrogens is 239 g/mol. The molecule has 1 fully saturated rings. The van der Waals surface area contributed by atoms with Crippen LogP contribution in [0.1, 0.15) is 30.0 Å². The smallest absolute Gasteiger partial charge is 0.126 e. The predicted molar refractivity (Wildman–Crippen MR) is 70.9 cm³/mol. The summed E-state index contributed by atoms with van der Waals surface area (Å²) < 4.78 is 13.2. The van der Waals surface area contributed by atoms with Crippen LogP contribution in [0, 0.1) is 18.7 Å². The summed E-state index contributed by atoms with van der Waals surface area (Å²) in [5.74, 6) is 0.368. The van der Waals surface area contributed by atoms with Crippen molar-refractivity contribution < 1.29 is 4.39 Å². The highest BCUT2D eigenvalue weighted by atomic mass is 35.5. The van der Waals surface area contributed by atoms with E-state index < -0.39 is 0 Å². The van der Waals surface area contributed by atoms with Gasteiger partial charge in [-0.05, 0) is 56.0 Å². The van der Waals surface area contributed by atoms with E-state index in [-0.39, 0.29) is 24.3 Å². The average Bonchev–Trinajstić information content (AvgIpc) is 2.33. The Morgan fingerprint density at radius 2 is 2.00 bits per heavy atom. The van der Waals surface area contributed by atoms with Gasteiger partial charge in [-0.3, -0.25) is 0 Å². The average molecular weight is 259 g/mol. The van der Waals surface area contributed by atoms with E-state index in [0.717, 1.165) is 31.5 Å². The summed E-state index contributed by atoms with van der Waals surface area (Å²) in [7, 11) is 0. The van der Waals surface area contributed by atoms with E-state index in [1.54, 1.807) is 6.92 Å². The molecule has 0 bridgehead atoms. The van der Waals surface area contributed by atoms with Crippen molar-refractivity contribution in [1.29, 1.82) is 0 Å². The molecular formula is C13H20ClFN2. The Kier molecular flexibility index (Phi) is 5.37. The van der Waals surface area contributed by atoms with Gasteiger partial charge in [0, 0.05) is 6.04 Å². The zero-order chi connectivity index (χ0) is 11.5. The van der Waals surface area contributed by atoms with Gasteiger partial charge >= 0.3 is 0 Å². The van der Waals surface area contributed by atoms with Crippen molar-refractivity contribution in [2.75, 3.05) is 13.1 Å². The summed E-state index contributed by atoms with van der Waals surface area (Å²) >= 11 is 0. The standard InChI is InChI=1S/C13H19FN2.ClH/c1-9-8-11(2-3-12(9)14)13(15)10-4-6-16-7-5-10;/h2-3,8,10,13,16H,4-7,15H2,1H3;1H/t13-;/m1./s1. The normalized spacial score (nSPS) is 18.5. The minimum absolute atomic E-state index is 0. The van der Waals surface area contributed by atoms with Gasteiger partial charge in [0.2, 0.25) is 0 Å². The molecule has 0 aromatic heterocycles. The molecule has 0 radical (unpaired) electrons. The molecule has 1 aromatic rings. The highest BCUT2D eigenvalue weighted by molar-refractivity contribution is 5.85. The second kappa shape index (κ2) is 6.34. The largest absolute Gasteiger partial charge is 0.324 e. The zero-order valence-electron chi connectivity index (χ0n) is 10.1. The highest BCUT2D eigenvalue weighted by Crippen LogP contribution is 2.27. The van der Waals surface area contributed by atoms with E-state index in [2.05, 4.69) is 5.32 Å². The third-order valence-corrected chi connectivity index (χ3v) is 3.46. The van der Waals surface area contributed by atoms with E-state index in [0.29, 0.717) is 11.5 Å². The van der Waals surface area contributed by atoms with Gasteiger partial charge in [-0.25, -0.2) is 4.39 Å². The van der Waals surface area contributed by atoms with Crippen molar-refractivity contribution in [2.45, 2.75) is 25.8 Å². The number of nitrogens with two attached hydrogens (primary N) is 1. The molecule has 17 heavy (non-hydrogen) atoms. The second-order valence-electron chi connectivity index (χ2n) is 4.62. The summed E-state index contributed by atoms with van der Waals surface area (Å²) in [5, 5.41) is 3.33. The van der Waals surface area contributed by atoms with Crippen molar-refractivity contribution in [1.82, 2.24) is 5.32 Å². The SMILES string of the molecule is Cc1cc([C@H](N)C2CCNCC2)ccc1F.Cl. The molecule has 2 rings (SSSR count). The number of nitrogens with one attached hydrogen (secondary N) is 1. The first-order valence-electron chi connectivity index (χ1n) is 5.91. The Morgan fingerprint density at radius 1 is 1.35 bits per heavy atom. The van der Waals surface area contributed by atoms with Crippen molar-refractivity contribution in [3.63, 3.8) is 0 Å². The molecule has 0 spiro atoms. The third-order valence-electron chi connectivity index (χ3n) is 3.46. The van der Waals surface area contributed by atoms with Crippen LogP contribution < -0.4 is 11.1 Å². The van der Waals surface area contributed by atoms with Crippen LogP contribution >= 0.6 is 12.4 Å². The molecule has 4 heteroatoms. The number of aryl methyl sites for hydroxylation is 1. The van der Waals surface area contributed by atoms with Crippen LogP contribution in [-0.4, -0.2) is 13.1 Å². The van der Waals surface area contributed by atoms with Crippen LogP contribution in [0.3, 0.4) is 0 Å². The maximum Gasteiger partial charge on any atom is 0.126 e. The van der Waals surface area contributed by atoms with Crippen LogP contribution in [0.4, 0.5) is 4.39 Å². The first kappa shape index (κ1) is 14.4. The van der Waals surface area contributed by atoms with Crippen molar-refractivity contribution >= 4 is 12.4 Å². The molecule has 1 aliphatic heterocycles. The Balaban J connectivity index is 0.00000144. The summed E-state index contributed by atoms with van der Waals surface area (Å²) in [6.45, 7) is 3.87. The monoisotopic (exact) mass is 258 g/mol. The number of hydrogen-bond acceptors (Lipinski definition) is 2. The molecule has 1 atom stereocenters. The van der Waals surface area contributed by atoms with E-state index >= 15 is 0 Å². The molecule has 2 nitrogen and oxygen atoms in total. The number of piperidine rings is 1.